The molecule has 2 amide bonds. The van der Waals surface area contributed by atoms with Crippen molar-refractivity contribution in [2.75, 3.05) is 39.8 Å². The molecule has 0 spiro atoms. The number of anilines is 1. The second-order valence-corrected chi connectivity index (χ2v) is 6.75. The summed E-state index contributed by atoms with van der Waals surface area (Å²) < 4.78 is 21.4. The summed E-state index contributed by atoms with van der Waals surface area (Å²) in [6.07, 6.45) is 1.96. The van der Waals surface area contributed by atoms with Crippen LogP contribution in [0.3, 0.4) is 0 Å². The Morgan fingerprint density at radius 1 is 0.967 bits per heavy atom. The molecule has 2 N–H and O–H groups in total. The molecule has 3 rings (SSSR count). The third-order valence-electron chi connectivity index (χ3n) is 4.88. The molecule has 8 nitrogen and oxygen atoms in total. The number of amides is 2. The monoisotopic (exact) mass is 414 g/mol. The summed E-state index contributed by atoms with van der Waals surface area (Å²) in [4.78, 5) is 25.6. The van der Waals surface area contributed by atoms with Crippen molar-refractivity contribution >= 4 is 17.5 Å². The number of rotatable bonds is 8. The Morgan fingerprint density at radius 3 is 2.33 bits per heavy atom. The van der Waals surface area contributed by atoms with Crippen molar-refractivity contribution in [2.24, 2.45) is 0 Å². The van der Waals surface area contributed by atoms with Crippen molar-refractivity contribution in [2.45, 2.75) is 18.9 Å². The smallest absolute Gasteiger partial charge is 0.259 e. The number of benzene rings is 2. The summed E-state index contributed by atoms with van der Waals surface area (Å²) in [7, 11) is 4.45. The van der Waals surface area contributed by atoms with Gasteiger partial charge in [-0.15, -0.1) is 0 Å². The molecule has 1 fully saturated rings. The highest BCUT2D eigenvalue weighted by atomic mass is 16.5. The van der Waals surface area contributed by atoms with E-state index in [4.69, 9.17) is 18.9 Å². The van der Waals surface area contributed by atoms with Gasteiger partial charge in [0.05, 0.1) is 44.2 Å². The van der Waals surface area contributed by atoms with Crippen LogP contribution in [0.25, 0.3) is 0 Å². The zero-order valence-corrected chi connectivity index (χ0v) is 17.3. The van der Waals surface area contributed by atoms with Crippen LogP contribution in [-0.4, -0.2) is 52.4 Å². The van der Waals surface area contributed by atoms with Gasteiger partial charge in [0.15, 0.2) is 11.5 Å². The van der Waals surface area contributed by atoms with Gasteiger partial charge in [0.1, 0.15) is 5.75 Å². The lowest BCUT2D eigenvalue weighted by Crippen LogP contribution is -2.32. The molecule has 1 heterocycles. The van der Waals surface area contributed by atoms with Gasteiger partial charge in [-0.25, -0.2) is 0 Å². The first-order valence-electron chi connectivity index (χ1n) is 9.67. The van der Waals surface area contributed by atoms with Crippen molar-refractivity contribution in [3.63, 3.8) is 0 Å². The fourth-order valence-corrected chi connectivity index (χ4v) is 3.29. The molecule has 1 saturated heterocycles. The number of para-hydroxylation sites is 1. The van der Waals surface area contributed by atoms with Crippen LogP contribution in [0.5, 0.6) is 17.2 Å². The van der Waals surface area contributed by atoms with E-state index in [2.05, 4.69) is 10.6 Å². The third-order valence-corrected chi connectivity index (χ3v) is 4.88. The summed E-state index contributed by atoms with van der Waals surface area (Å²) in [6.45, 7) is 1.16. The van der Waals surface area contributed by atoms with Crippen LogP contribution >= 0.6 is 0 Å². The molecular formula is C22H26N2O6. The predicted molar refractivity (Wildman–Crippen MR) is 112 cm³/mol. The van der Waals surface area contributed by atoms with Gasteiger partial charge in [0, 0.05) is 25.3 Å². The van der Waals surface area contributed by atoms with E-state index in [1.165, 1.54) is 27.4 Å². The van der Waals surface area contributed by atoms with Crippen molar-refractivity contribution in [1.82, 2.24) is 5.32 Å². The summed E-state index contributed by atoms with van der Waals surface area (Å²) in [5, 5.41) is 5.67. The number of hydrogen-bond donors (Lipinski definition) is 2. The molecule has 0 unspecified atom stereocenters. The standard InChI is InChI=1S/C22H26N2O6/c1-27-18-12-20(29-3)19(28-2)11-16(18)22(26)24-17-9-5-4-8-15(17)21(25)23-13-14-7-6-10-30-14/h4-5,8-9,11-12,14H,6-7,10,13H2,1-3H3,(H,23,25)(H,24,26)/t14-/m1/s1. The number of nitrogens with one attached hydrogen (secondary N) is 2. The van der Waals surface area contributed by atoms with E-state index >= 15 is 0 Å². The molecule has 1 aliphatic heterocycles. The molecule has 2 aromatic rings. The Balaban J connectivity index is 1.79. The maximum atomic E-state index is 13.0. The second kappa shape index (κ2) is 9.98. The van der Waals surface area contributed by atoms with E-state index in [0.29, 0.717) is 35.0 Å². The van der Waals surface area contributed by atoms with E-state index < -0.39 is 5.91 Å². The quantitative estimate of drug-likeness (QED) is 0.690. The summed E-state index contributed by atoms with van der Waals surface area (Å²) in [5.41, 5.74) is 1.01. The summed E-state index contributed by atoms with van der Waals surface area (Å²) in [5.74, 6) is 0.448. The Morgan fingerprint density at radius 2 is 1.67 bits per heavy atom. The highest BCUT2D eigenvalue weighted by molar-refractivity contribution is 6.10. The fraction of sp³-hybridized carbons (Fsp3) is 0.364. The van der Waals surface area contributed by atoms with Crippen molar-refractivity contribution in [3.05, 3.63) is 47.5 Å². The first-order chi connectivity index (χ1) is 14.6. The maximum absolute atomic E-state index is 13.0. The van der Waals surface area contributed by atoms with Gasteiger partial charge in [-0.2, -0.15) is 0 Å². The Kier molecular flexibility index (Phi) is 7.13. The van der Waals surface area contributed by atoms with E-state index in [1.54, 1.807) is 30.3 Å². The van der Waals surface area contributed by atoms with E-state index in [-0.39, 0.29) is 17.6 Å². The van der Waals surface area contributed by atoms with E-state index in [0.717, 1.165) is 19.4 Å². The zero-order chi connectivity index (χ0) is 21.5. The first-order valence-corrected chi connectivity index (χ1v) is 9.67. The number of carbonyl (C=O) groups is 2. The molecular weight excluding hydrogens is 388 g/mol. The van der Waals surface area contributed by atoms with E-state index in [9.17, 15) is 9.59 Å². The van der Waals surface area contributed by atoms with Crippen LogP contribution in [0.1, 0.15) is 33.6 Å². The number of ether oxygens (including phenoxy) is 4. The number of methoxy groups -OCH3 is 3. The molecule has 30 heavy (non-hydrogen) atoms. The maximum Gasteiger partial charge on any atom is 0.259 e. The first kappa shape index (κ1) is 21.4. The molecule has 2 aromatic carbocycles. The lowest BCUT2D eigenvalue weighted by atomic mass is 10.1. The predicted octanol–water partition coefficient (Wildman–Crippen LogP) is 2.87. The summed E-state index contributed by atoms with van der Waals surface area (Å²) in [6, 6.07) is 9.94. The van der Waals surface area contributed by atoms with Crippen molar-refractivity contribution in [1.29, 1.82) is 0 Å². The SMILES string of the molecule is COc1cc(OC)c(C(=O)Nc2ccccc2C(=O)NC[C@H]2CCCO2)cc1OC. The Hall–Kier alpha value is -3.26. The molecule has 1 aliphatic rings. The molecule has 0 radical (unpaired) electrons. The topological polar surface area (TPSA) is 95.1 Å². The normalized spacial score (nSPS) is 15.4. The summed E-state index contributed by atoms with van der Waals surface area (Å²) >= 11 is 0. The lowest BCUT2D eigenvalue weighted by Gasteiger charge is -2.16. The molecule has 0 aromatic heterocycles. The minimum Gasteiger partial charge on any atom is -0.496 e. The molecule has 160 valence electrons. The lowest BCUT2D eigenvalue weighted by molar-refractivity contribution is 0.0858. The van der Waals surface area contributed by atoms with Crippen LogP contribution in [0.2, 0.25) is 0 Å². The van der Waals surface area contributed by atoms with E-state index in [1.807, 2.05) is 0 Å². The van der Waals surface area contributed by atoms with Gasteiger partial charge in [-0.3, -0.25) is 9.59 Å². The Labute approximate surface area is 175 Å². The van der Waals surface area contributed by atoms with Crippen LogP contribution in [-0.2, 0) is 4.74 Å². The van der Waals surface area contributed by atoms with Crippen molar-refractivity contribution < 1.29 is 28.5 Å². The van der Waals surface area contributed by atoms with Gasteiger partial charge in [-0.1, -0.05) is 12.1 Å². The highest BCUT2D eigenvalue weighted by Gasteiger charge is 2.21. The largest absolute Gasteiger partial charge is 0.496 e. The molecule has 0 aliphatic carbocycles. The van der Waals surface area contributed by atoms with Crippen LogP contribution in [0.15, 0.2) is 36.4 Å². The fourth-order valence-electron chi connectivity index (χ4n) is 3.29. The third kappa shape index (κ3) is 4.83. The van der Waals surface area contributed by atoms with Gasteiger partial charge in [0.2, 0.25) is 0 Å². The van der Waals surface area contributed by atoms with Gasteiger partial charge >= 0.3 is 0 Å². The number of hydrogen-bond acceptors (Lipinski definition) is 6. The van der Waals surface area contributed by atoms with Gasteiger partial charge in [-0.05, 0) is 25.0 Å². The van der Waals surface area contributed by atoms with Gasteiger partial charge < -0.3 is 29.6 Å². The average Bonchev–Trinajstić information content (AvgIpc) is 3.30. The molecule has 8 heteroatoms. The van der Waals surface area contributed by atoms with Gasteiger partial charge in [0.25, 0.3) is 11.8 Å². The zero-order valence-electron chi connectivity index (χ0n) is 17.3. The van der Waals surface area contributed by atoms with Crippen molar-refractivity contribution in [3.8, 4) is 17.2 Å². The highest BCUT2D eigenvalue weighted by Crippen LogP contribution is 2.35. The second-order valence-electron chi connectivity index (χ2n) is 6.75. The number of carbonyl (C=O) groups excluding carboxylic acids is 2. The van der Waals surface area contributed by atoms with Crippen LogP contribution < -0.4 is 24.8 Å². The minimum atomic E-state index is -0.438. The molecule has 1 atom stereocenters. The minimum absolute atomic E-state index is 0.0340. The Bertz CT molecular complexity index is 908. The van der Waals surface area contributed by atoms with Crippen LogP contribution in [0.4, 0.5) is 5.69 Å². The van der Waals surface area contributed by atoms with Crippen LogP contribution in [0, 0.1) is 0 Å². The average molecular weight is 414 g/mol. The molecule has 0 bridgehead atoms. The molecule has 0 saturated carbocycles.